The zero-order valence-electron chi connectivity index (χ0n) is 11.5. The Morgan fingerprint density at radius 2 is 2.19 bits per heavy atom. The van der Waals surface area contributed by atoms with Crippen molar-refractivity contribution in [2.45, 2.75) is 18.9 Å². The summed E-state index contributed by atoms with van der Waals surface area (Å²) < 4.78 is 6.40. The standard InChI is InChI=1S/C14H17N3O2S.ClH/c15-13(9-3-5-19-6-4-9)14(18)17-10-1-2-12-11(7-10)16-8-20-12;/h1-2,7-9,13H,3-6,15H2,(H,17,18);1H. The maximum atomic E-state index is 12.2. The highest BCUT2D eigenvalue weighted by atomic mass is 35.5. The Kier molecular flexibility index (Phi) is 5.52. The van der Waals surface area contributed by atoms with E-state index in [1.54, 1.807) is 16.8 Å². The molecule has 2 heterocycles. The van der Waals surface area contributed by atoms with Gasteiger partial charge in [-0.05, 0) is 37.0 Å². The van der Waals surface area contributed by atoms with Gasteiger partial charge in [0.25, 0.3) is 0 Å². The average molecular weight is 328 g/mol. The summed E-state index contributed by atoms with van der Waals surface area (Å²) in [5.74, 6) is 0.0678. The van der Waals surface area contributed by atoms with Crippen molar-refractivity contribution in [1.82, 2.24) is 4.98 Å². The maximum Gasteiger partial charge on any atom is 0.241 e. The van der Waals surface area contributed by atoms with Gasteiger partial charge in [-0.15, -0.1) is 23.7 Å². The summed E-state index contributed by atoms with van der Waals surface area (Å²) in [5.41, 5.74) is 9.49. The minimum atomic E-state index is -0.481. The predicted molar refractivity (Wildman–Crippen MR) is 87.0 cm³/mol. The van der Waals surface area contributed by atoms with E-state index >= 15 is 0 Å². The van der Waals surface area contributed by atoms with Gasteiger partial charge < -0.3 is 15.8 Å². The molecule has 1 amide bonds. The van der Waals surface area contributed by atoms with Crippen LogP contribution in [-0.2, 0) is 9.53 Å². The third kappa shape index (κ3) is 3.71. The Bertz CT molecular complexity index is 613. The summed E-state index contributed by atoms with van der Waals surface area (Å²) in [4.78, 5) is 16.4. The number of halogens is 1. The quantitative estimate of drug-likeness (QED) is 0.907. The molecule has 0 radical (unpaired) electrons. The molecule has 1 aromatic carbocycles. The average Bonchev–Trinajstić information content (AvgIpc) is 2.95. The first-order valence-corrected chi connectivity index (χ1v) is 7.59. The van der Waals surface area contributed by atoms with Crippen LogP contribution in [0.15, 0.2) is 23.7 Å². The third-order valence-electron chi connectivity index (χ3n) is 3.67. The fourth-order valence-corrected chi connectivity index (χ4v) is 3.11. The van der Waals surface area contributed by atoms with Crippen LogP contribution in [0.3, 0.4) is 0 Å². The number of hydrogen-bond acceptors (Lipinski definition) is 5. The number of rotatable bonds is 3. The molecule has 5 nitrogen and oxygen atoms in total. The lowest BCUT2D eigenvalue weighted by molar-refractivity contribution is -0.119. The molecule has 1 aromatic heterocycles. The molecule has 3 rings (SSSR count). The Hall–Kier alpha value is -1.21. The molecule has 21 heavy (non-hydrogen) atoms. The Labute approximate surface area is 133 Å². The van der Waals surface area contributed by atoms with Gasteiger partial charge in [-0.1, -0.05) is 0 Å². The molecule has 1 aliphatic heterocycles. The Morgan fingerprint density at radius 1 is 1.43 bits per heavy atom. The molecule has 1 fully saturated rings. The van der Waals surface area contributed by atoms with Gasteiger partial charge in [-0.3, -0.25) is 4.79 Å². The van der Waals surface area contributed by atoms with Crippen molar-refractivity contribution < 1.29 is 9.53 Å². The normalized spacial score (nSPS) is 17.2. The van der Waals surface area contributed by atoms with Crippen LogP contribution < -0.4 is 11.1 Å². The zero-order valence-corrected chi connectivity index (χ0v) is 13.1. The molecule has 0 bridgehead atoms. The lowest BCUT2D eigenvalue weighted by atomic mass is 9.92. The number of nitrogens with zero attached hydrogens (tertiary/aromatic N) is 1. The van der Waals surface area contributed by atoms with Crippen molar-refractivity contribution in [2.75, 3.05) is 18.5 Å². The highest BCUT2D eigenvalue weighted by Gasteiger charge is 2.26. The second-order valence-electron chi connectivity index (χ2n) is 5.00. The van der Waals surface area contributed by atoms with E-state index in [0.29, 0.717) is 13.2 Å². The zero-order chi connectivity index (χ0) is 13.9. The van der Waals surface area contributed by atoms with Gasteiger partial charge in [-0.2, -0.15) is 0 Å². The molecule has 1 saturated heterocycles. The molecule has 1 unspecified atom stereocenters. The second kappa shape index (κ2) is 7.17. The molecule has 0 aliphatic carbocycles. The number of aromatic nitrogens is 1. The van der Waals surface area contributed by atoms with E-state index in [0.717, 1.165) is 28.7 Å². The minimum absolute atomic E-state index is 0. The van der Waals surface area contributed by atoms with Crippen molar-refractivity contribution in [3.8, 4) is 0 Å². The van der Waals surface area contributed by atoms with Gasteiger partial charge in [-0.25, -0.2) is 4.98 Å². The number of carbonyl (C=O) groups excluding carboxylic acids is 1. The van der Waals surface area contributed by atoms with Gasteiger partial charge in [0.2, 0.25) is 5.91 Å². The number of hydrogen-bond donors (Lipinski definition) is 2. The Morgan fingerprint density at radius 3 is 2.95 bits per heavy atom. The fraction of sp³-hybridized carbons (Fsp3) is 0.429. The van der Waals surface area contributed by atoms with E-state index in [2.05, 4.69) is 10.3 Å². The third-order valence-corrected chi connectivity index (χ3v) is 4.48. The fourth-order valence-electron chi connectivity index (χ4n) is 2.45. The van der Waals surface area contributed by atoms with E-state index < -0.39 is 6.04 Å². The van der Waals surface area contributed by atoms with E-state index in [-0.39, 0.29) is 24.2 Å². The molecule has 0 spiro atoms. The topological polar surface area (TPSA) is 77.2 Å². The highest BCUT2D eigenvalue weighted by Crippen LogP contribution is 2.23. The lowest BCUT2D eigenvalue weighted by Crippen LogP contribution is -2.43. The van der Waals surface area contributed by atoms with Gasteiger partial charge >= 0.3 is 0 Å². The summed E-state index contributed by atoms with van der Waals surface area (Å²) in [7, 11) is 0. The molecule has 1 atom stereocenters. The molecule has 2 aromatic rings. The van der Waals surface area contributed by atoms with Gasteiger partial charge in [0.15, 0.2) is 0 Å². The van der Waals surface area contributed by atoms with E-state index in [1.165, 1.54) is 0 Å². The predicted octanol–water partition coefficient (Wildman–Crippen LogP) is 2.41. The first-order chi connectivity index (χ1) is 9.74. The van der Waals surface area contributed by atoms with Gasteiger partial charge in [0.05, 0.1) is 21.8 Å². The van der Waals surface area contributed by atoms with Crippen molar-refractivity contribution in [2.24, 2.45) is 11.7 Å². The van der Waals surface area contributed by atoms with Crippen LogP contribution in [0.4, 0.5) is 5.69 Å². The number of nitrogens with two attached hydrogens (primary N) is 1. The first-order valence-electron chi connectivity index (χ1n) is 6.71. The number of benzene rings is 1. The van der Waals surface area contributed by atoms with Gasteiger partial charge in [0, 0.05) is 18.9 Å². The van der Waals surface area contributed by atoms with Crippen LogP contribution in [0.2, 0.25) is 0 Å². The number of anilines is 1. The van der Waals surface area contributed by atoms with Crippen LogP contribution in [0.5, 0.6) is 0 Å². The van der Waals surface area contributed by atoms with Gasteiger partial charge in [0.1, 0.15) is 0 Å². The van der Waals surface area contributed by atoms with Crippen molar-refractivity contribution in [3.63, 3.8) is 0 Å². The number of ether oxygens (including phenoxy) is 1. The number of thiazole rings is 1. The molecule has 1 aliphatic rings. The van der Waals surface area contributed by atoms with Crippen molar-refractivity contribution >= 4 is 45.6 Å². The molecular formula is C14H18ClN3O2S. The molecular weight excluding hydrogens is 310 g/mol. The summed E-state index contributed by atoms with van der Waals surface area (Å²) in [6, 6.07) is 5.24. The highest BCUT2D eigenvalue weighted by molar-refractivity contribution is 7.16. The number of amides is 1. The van der Waals surface area contributed by atoms with E-state index in [1.807, 2.05) is 18.2 Å². The van der Waals surface area contributed by atoms with Crippen LogP contribution in [-0.4, -0.2) is 30.1 Å². The van der Waals surface area contributed by atoms with E-state index in [4.69, 9.17) is 10.5 Å². The summed E-state index contributed by atoms with van der Waals surface area (Å²) in [6.07, 6.45) is 1.69. The number of fused-ring (bicyclic) bond motifs is 1. The second-order valence-corrected chi connectivity index (χ2v) is 5.89. The van der Waals surface area contributed by atoms with Crippen LogP contribution in [0, 0.1) is 5.92 Å². The summed E-state index contributed by atoms with van der Waals surface area (Å²) in [6.45, 7) is 1.38. The number of nitrogens with one attached hydrogen (secondary N) is 1. The van der Waals surface area contributed by atoms with Crippen LogP contribution in [0.25, 0.3) is 10.2 Å². The maximum absolute atomic E-state index is 12.2. The SMILES string of the molecule is Cl.NC(C(=O)Nc1ccc2scnc2c1)C1CCOCC1. The lowest BCUT2D eigenvalue weighted by Gasteiger charge is -2.26. The van der Waals surface area contributed by atoms with Crippen molar-refractivity contribution in [1.29, 1.82) is 0 Å². The summed E-state index contributed by atoms with van der Waals surface area (Å²) >= 11 is 1.58. The first kappa shape index (κ1) is 16.2. The van der Waals surface area contributed by atoms with Crippen LogP contribution in [0.1, 0.15) is 12.8 Å². The number of carbonyl (C=O) groups is 1. The monoisotopic (exact) mass is 327 g/mol. The van der Waals surface area contributed by atoms with Crippen LogP contribution >= 0.6 is 23.7 Å². The smallest absolute Gasteiger partial charge is 0.241 e. The van der Waals surface area contributed by atoms with E-state index in [9.17, 15) is 4.79 Å². The Balaban J connectivity index is 0.00000161. The molecule has 3 N–H and O–H groups in total. The molecule has 0 saturated carbocycles. The molecule has 114 valence electrons. The summed E-state index contributed by atoms with van der Waals surface area (Å²) in [5, 5.41) is 2.88. The van der Waals surface area contributed by atoms with Crippen molar-refractivity contribution in [3.05, 3.63) is 23.7 Å². The molecule has 7 heteroatoms. The minimum Gasteiger partial charge on any atom is -0.381 e. The largest absolute Gasteiger partial charge is 0.381 e.